The third-order valence-electron chi connectivity index (χ3n) is 4.12. The fraction of sp³-hybridized carbons (Fsp3) is 0.316. The Morgan fingerprint density at radius 1 is 1.08 bits per heavy atom. The van der Waals surface area contributed by atoms with E-state index < -0.39 is 6.10 Å². The molecule has 1 heterocycles. The zero-order valence-electron chi connectivity index (χ0n) is 13.6. The van der Waals surface area contributed by atoms with Crippen LogP contribution in [0, 0.1) is 0 Å². The highest BCUT2D eigenvalue weighted by Crippen LogP contribution is 2.17. The maximum absolute atomic E-state index is 10.1. The van der Waals surface area contributed by atoms with Gasteiger partial charge in [-0.1, -0.05) is 24.3 Å². The van der Waals surface area contributed by atoms with Gasteiger partial charge in [0, 0.05) is 13.1 Å². The molecule has 0 aliphatic carbocycles. The molecule has 1 aromatic heterocycles. The van der Waals surface area contributed by atoms with Gasteiger partial charge < -0.3 is 20.1 Å². The van der Waals surface area contributed by atoms with Gasteiger partial charge in [0.2, 0.25) is 0 Å². The molecule has 0 aliphatic heterocycles. The molecule has 0 bridgehead atoms. The third kappa shape index (κ3) is 4.13. The highest BCUT2D eigenvalue weighted by molar-refractivity contribution is 5.74. The topological polar surface area (TPSA) is 70.3 Å². The summed E-state index contributed by atoms with van der Waals surface area (Å²) in [6, 6.07) is 14.9. The number of benzene rings is 2. The lowest BCUT2D eigenvalue weighted by atomic mass is 10.1. The molecule has 0 saturated carbocycles. The second-order valence-electron chi connectivity index (χ2n) is 5.95. The molecule has 1 unspecified atom stereocenters. The minimum absolute atomic E-state index is 0.180. The number of hydrogen-bond acceptors (Lipinski definition) is 4. The minimum Gasteiger partial charge on any atom is -0.508 e. The van der Waals surface area contributed by atoms with E-state index in [1.807, 2.05) is 30.6 Å². The number of fused-ring (bicyclic) bond motifs is 1. The van der Waals surface area contributed by atoms with Crippen molar-refractivity contribution >= 4 is 11.0 Å². The van der Waals surface area contributed by atoms with Crippen molar-refractivity contribution in [3.63, 3.8) is 0 Å². The number of unbranched alkanes of at least 4 members (excludes halogenated alkanes) is 1. The number of phenolic OH excluding ortho intramolecular Hbond substituents is 1. The van der Waals surface area contributed by atoms with Crippen molar-refractivity contribution in [2.45, 2.75) is 25.5 Å². The largest absolute Gasteiger partial charge is 0.508 e. The number of phenols is 1. The van der Waals surface area contributed by atoms with Crippen molar-refractivity contribution in [2.75, 3.05) is 13.1 Å². The monoisotopic (exact) mass is 325 g/mol. The Morgan fingerprint density at radius 2 is 1.96 bits per heavy atom. The second kappa shape index (κ2) is 7.95. The SMILES string of the molecule is Oc1cccc(C(O)CNCCCCn2cnc3ccccc32)c1. The van der Waals surface area contributed by atoms with E-state index in [4.69, 9.17) is 0 Å². The number of aryl methyl sites for hydroxylation is 1. The van der Waals surface area contributed by atoms with Crippen LogP contribution in [-0.2, 0) is 6.54 Å². The smallest absolute Gasteiger partial charge is 0.115 e. The van der Waals surface area contributed by atoms with Gasteiger partial charge in [0.15, 0.2) is 0 Å². The Balaban J connectivity index is 1.37. The summed E-state index contributed by atoms with van der Waals surface area (Å²) in [5.74, 6) is 0.180. The molecule has 1 atom stereocenters. The molecule has 126 valence electrons. The first-order chi connectivity index (χ1) is 11.7. The van der Waals surface area contributed by atoms with Crippen LogP contribution < -0.4 is 5.32 Å². The van der Waals surface area contributed by atoms with Crippen LogP contribution in [0.15, 0.2) is 54.9 Å². The maximum Gasteiger partial charge on any atom is 0.115 e. The highest BCUT2D eigenvalue weighted by Gasteiger charge is 2.07. The minimum atomic E-state index is -0.602. The lowest BCUT2D eigenvalue weighted by Gasteiger charge is -2.12. The van der Waals surface area contributed by atoms with Crippen molar-refractivity contribution < 1.29 is 10.2 Å². The zero-order valence-corrected chi connectivity index (χ0v) is 13.6. The Morgan fingerprint density at radius 3 is 2.83 bits per heavy atom. The molecule has 0 fully saturated rings. The molecule has 3 aromatic rings. The molecule has 0 radical (unpaired) electrons. The summed E-state index contributed by atoms with van der Waals surface area (Å²) in [4.78, 5) is 4.39. The molecule has 2 aromatic carbocycles. The molecule has 0 amide bonds. The maximum atomic E-state index is 10.1. The number of imidazole rings is 1. The number of aromatic hydroxyl groups is 1. The third-order valence-corrected chi connectivity index (χ3v) is 4.12. The van der Waals surface area contributed by atoms with Gasteiger partial charge in [-0.3, -0.25) is 0 Å². The van der Waals surface area contributed by atoms with Crippen molar-refractivity contribution in [1.29, 1.82) is 0 Å². The summed E-state index contributed by atoms with van der Waals surface area (Å²) < 4.78 is 2.18. The van der Waals surface area contributed by atoms with Crippen molar-refractivity contribution in [3.8, 4) is 5.75 Å². The number of hydrogen-bond donors (Lipinski definition) is 3. The Hall–Kier alpha value is -2.37. The second-order valence-corrected chi connectivity index (χ2v) is 5.95. The Labute approximate surface area is 141 Å². The van der Waals surface area contributed by atoms with E-state index in [0.717, 1.165) is 37.0 Å². The van der Waals surface area contributed by atoms with E-state index in [-0.39, 0.29) is 5.75 Å². The first-order valence-electron chi connectivity index (χ1n) is 8.31. The van der Waals surface area contributed by atoms with Gasteiger partial charge in [0.1, 0.15) is 5.75 Å². The van der Waals surface area contributed by atoms with Gasteiger partial charge in [-0.05, 0) is 49.2 Å². The molecular formula is C19H23N3O2. The van der Waals surface area contributed by atoms with Crippen LogP contribution in [0.5, 0.6) is 5.75 Å². The Bertz CT molecular complexity index is 785. The lowest BCUT2D eigenvalue weighted by molar-refractivity contribution is 0.174. The number of aliphatic hydroxyl groups excluding tert-OH is 1. The van der Waals surface area contributed by atoms with E-state index in [2.05, 4.69) is 20.9 Å². The number of nitrogens with one attached hydrogen (secondary N) is 1. The highest BCUT2D eigenvalue weighted by atomic mass is 16.3. The van der Waals surface area contributed by atoms with E-state index in [9.17, 15) is 10.2 Å². The molecule has 0 saturated heterocycles. The summed E-state index contributed by atoms with van der Waals surface area (Å²) in [6.07, 6.45) is 3.37. The van der Waals surface area contributed by atoms with Crippen LogP contribution >= 0.6 is 0 Å². The van der Waals surface area contributed by atoms with Gasteiger partial charge in [0.25, 0.3) is 0 Å². The normalized spacial score (nSPS) is 12.5. The lowest BCUT2D eigenvalue weighted by Crippen LogP contribution is -2.22. The van der Waals surface area contributed by atoms with Crippen molar-refractivity contribution in [3.05, 3.63) is 60.4 Å². The molecule has 0 spiro atoms. The number of nitrogens with zero attached hydrogens (tertiary/aromatic N) is 2. The Kier molecular flexibility index (Phi) is 5.46. The van der Waals surface area contributed by atoms with E-state index in [1.165, 1.54) is 5.52 Å². The van der Waals surface area contributed by atoms with Crippen molar-refractivity contribution in [2.24, 2.45) is 0 Å². The van der Waals surface area contributed by atoms with Crippen LogP contribution in [0.1, 0.15) is 24.5 Å². The first-order valence-corrected chi connectivity index (χ1v) is 8.31. The number of para-hydroxylation sites is 2. The molecule has 24 heavy (non-hydrogen) atoms. The summed E-state index contributed by atoms with van der Waals surface area (Å²) in [6.45, 7) is 2.28. The molecule has 0 aliphatic rings. The number of aliphatic hydroxyl groups is 1. The summed E-state index contributed by atoms with van der Waals surface area (Å²) >= 11 is 0. The molecule has 3 rings (SSSR count). The van der Waals surface area contributed by atoms with Crippen LogP contribution in [0.4, 0.5) is 0 Å². The summed E-state index contributed by atoms with van der Waals surface area (Å²) in [5, 5.41) is 22.8. The van der Waals surface area contributed by atoms with E-state index >= 15 is 0 Å². The summed E-state index contributed by atoms with van der Waals surface area (Å²) in [7, 11) is 0. The van der Waals surface area contributed by atoms with Gasteiger partial charge in [-0.2, -0.15) is 0 Å². The predicted octanol–water partition coefficient (Wildman–Crippen LogP) is 2.85. The zero-order chi connectivity index (χ0) is 16.8. The molecule has 3 N–H and O–H groups in total. The first kappa shape index (κ1) is 16.5. The van der Waals surface area contributed by atoms with Gasteiger partial charge in [-0.15, -0.1) is 0 Å². The molecule has 5 nitrogen and oxygen atoms in total. The predicted molar refractivity (Wildman–Crippen MR) is 94.9 cm³/mol. The van der Waals surface area contributed by atoms with Gasteiger partial charge >= 0.3 is 0 Å². The van der Waals surface area contributed by atoms with Crippen LogP contribution in [0.2, 0.25) is 0 Å². The summed E-state index contributed by atoms with van der Waals surface area (Å²) in [5.41, 5.74) is 2.93. The number of aromatic nitrogens is 2. The van der Waals surface area contributed by atoms with Gasteiger partial charge in [-0.25, -0.2) is 4.98 Å². The molecular weight excluding hydrogens is 302 g/mol. The van der Waals surface area contributed by atoms with E-state index in [0.29, 0.717) is 6.54 Å². The van der Waals surface area contributed by atoms with Crippen LogP contribution in [0.25, 0.3) is 11.0 Å². The van der Waals surface area contributed by atoms with Crippen LogP contribution in [0.3, 0.4) is 0 Å². The van der Waals surface area contributed by atoms with Crippen LogP contribution in [-0.4, -0.2) is 32.9 Å². The van der Waals surface area contributed by atoms with Gasteiger partial charge in [0.05, 0.1) is 23.5 Å². The number of rotatable bonds is 8. The van der Waals surface area contributed by atoms with Crippen molar-refractivity contribution in [1.82, 2.24) is 14.9 Å². The average molecular weight is 325 g/mol. The molecule has 5 heteroatoms. The fourth-order valence-corrected chi connectivity index (χ4v) is 2.81. The standard InChI is InChI=1S/C19H23N3O2/c23-16-7-5-6-15(12-16)19(24)13-20-10-3-4-11-22-14-21-17-8-1-2-9-18(17)22/h1-2,5-9,12,14,19-20,23-24H,3-4,10-11,13H2. The average Bonchev–Trinajstić information content (AvgIpc) is 3.01. The van der Waals surface area contributed by atoms with E-state index in [1.54, 1.807) is 18.2 Å². The quantitative estimate of drug-likeness (QED) is 0.557. The fourth-order valence-electron chi connectivity index (χ4n) is 2.81.